The first-order chi connectivity index (χ1) is 16.1. The Balaban J connectivity index is 1.62. The lowest BCUT2D eigenvalue weighted by molar-refractivity contribution is 0.413. The molecule has 0 bridgehead atoms. The Morgan fingerprint density at radius 1 is 1.15 bits per heavy atom. The van der Waals surface area contributed by atoms with Crippen molar-refractivity contribution in [3.05, 3.63) is 111 Å². The molecule has 4 aromatic rings. The van der Waals surface area contributed by atoms with E-state index in [-0.39, 0.29) is 11.6 Å². The lowest BCUT2D eigenvalue weighted by Gasteiger charge is -2.30. The number of allylic oxidation sites excluding steroid dienone is 1. The Bertz CT molecular complexity index is 1600. The molecule has 0 saturated carbocycles. The van der Waals surface area contributed by atoms with Crippen molar-refractivity contribution < 1.29 is 4.74 Å². The summed E-state index contributed by atoms with van der Waals surface area (Å²) in [6, 6.07) is 18.4. The molecule has 164 valence electrons. The Labute approximate surface area is 207 Å². The molecule has 1 aliphatic carbocycles. The van der Waals surface area contributed by atoms with Gasteiger partial charge in [-0.15, -0.1) is 11.3 Å². The maximum atomic E-state index is 13.7. The first kappa shape index (κ1) is 20.8. The molecule has 6 rings (SSSR count). The van der Waals surface area contributed by atoms with Crippen LogP contribution in [0.2, 0.25) is 0 Å². The van der Waals surface area contributed by atoms with Crippen molar-refractivity contribution in [3.8, 4) is 5.75 Å². The highest BCUT2D eigenvalue weighted by molar-refractivity contribution is 9.10. The minimum absolute atomic E-state index is 0.00964. The van der Waals surface area contributed by atoms with Gasteiger partial charge in [0.2, 0.25) is 0 Å². The van der Waals surface area contributed by atoms with Crippen molar-refractivity contribution in [1.29, 1.82) is 0 Å². The SMILES string of the molecule is COc1ccc(Br)cc1/C=c1/sc2n(c1=O)C(c1cccs1)C1=C(N=2)c2ccccc2CC1. The van der Waals surface area contributed by atoms with Crippen LogP contribution < -0.4 is 19.6 Å². The van der Waals surface area contributed by atoms with Crippen LogP contribution in [0.25, 0.3) is 11.8 Å². The van der Waals surface area contributed by atoms with E-state index in [1.165, 1.54) is 32.9 Å². The summed E-state index contributed by atoms with van der Waals surface area (Å²) >= 11 is 6.66. The van der Waals surface area contributed by atoms with Gasteiger partial charge < -0.3 is 4.74 Å². The van der Waals surface area contributed by atoms with Gasteiger partial charge in [0.1, 0.15) is 5.75 Å². The molecule has 0 spiro atoms. The Morgan fingerprint density at radius 2 is 2.03 bits per heavy atom. The van der Waals surface area contributed by atoms with Gasteiger partial charge in [-0.05, 0) is 59.7 Å². The summed E-state index contributed by atoms with van der Waals surface area (Å²) in [4.78, 5) is 20.7. The number of hydrogen-bond donors (Lipinski definition) is 0. The minimum Gasteiger partial charge on any atom is -0.496 e. The Kier molecular flexibility index (Phi) is 5.20. The third-order valence-corrected chi connectivity index (χ3v) is 8.56. The number of aromatic nitrogens is 1. The summed E-state index contributed by atoms with van der Waals surface area (Å²) in [5.74, 6) is 0.729. The number of hydrogen-bond acceptors (Lipinski definition) is 5. The van der Waals surface area contributed by atoms with Crippen molar-refractivity contribution in [2.45, 2.75) is 18.9 Å². The number of ether oxygens (including phenoxy) is 1. The number of nitrogens with zero attached hydrogens (tertiary/aromatic N) is 2. The van der Waals surface area contributed by atoms with Crippen LogP contribution in [0.1, 0.15) is 34.0 Å². The molecule has 1 aliphatic heterocycles. The Hall–Kier alpha value is -2.74. The molecule has 1 unspecified atom stereocenters. The standard InChI is InChI=1S/C26H19BrN2O2S2/c1-31-20-11-9-17(27)13-16(20)14-22-25(30)29-24(21-7-4-12-32-21)19-10-8-15-5-2-3-6-18(15)23(19)28-26(29)33-22/h2-7,9,11-14,24H,8,10H2,1H3/b22-14+. The summed E-state index contributed by atoms with van der Waals surface area (Å²) in [7, 11) is 1.64. The van der Waals surface area contributed by atoms with Gasteiger partial charge in [0.05, 0.1) is 23.4 Å². The highest BCUT2D eigenvalue weighted by atomic mass is 79.9. The van der Waals surface area contributed by atoms with Gasteiger partial charge in [0, 0.05) is 20.5 Å². The summed E-state index contributed by atoms with van der Waals surface area (Å²) in [5.41, 5.74) is 5.62. The zero-order valence-electron chi connectivity index (χ0n) is 17.7. The van der Waals surface area contributed by atoms with Crippen LogP contribution in [0.5, 0.6) is 5.75 Å². The van der Waals surface area contributed by atoms with Crippen LogP contribution in [0.3, 0.4) is 0 Å². The third kappa shape index (κ3) is 3.46. The molecular formula is C26H19BrN2O2S2. The molecule has 4 nitrogen and oxygen atoms in total. The molecule has 2 aliphatic rings. The zero-order valence-corrected chi connectivity index (χ0v) is 21.0. The molecule has 0 amide bonds. The monoisotopic (exact) mass is 534 g/mol. The van der Waals surface area contributed by atoms with Crippen LogP contribution in [-0.2, 0) is 6.42 Å². The van der Waals surface area contributed by atoms with E-state index in [2.05, 4.69) is 57.7 Å². The van der Waals surface area contributed by atoms with Gasteiger partial charge in [-0.1, -0.05) is 57.6 Å². The molecule has 0 N–H and O–H groups in total. The first-order valence-electron chi connectivity index (χ1n) is 10.6. The van der Waals surface area contributed by atoms with Crippen molar-refractivity contribution >= 4 is 50.4 Å². The second-order valence-corrected chi connectivity index (χ2v) is 10.9. The van der Waals surface area contributed by atoms with Gasteiger partial charge >= 0.3 is 0 Å². The van der Waals surface area contributed by atoms with Crippen LogP contribution in [-0.4, -0.2) is 11.7 Å². The van der Waals surface area contributed by atoms with E-state index in [1.54, 1.807) is 18.4 Å². The smallest absolute Gasteiger partial charge is 0.271 e. The average molecular weight is 535 g/mol. The zero-order chi connectivity index (χ0) is 22.5. The fourth-order valence-electron chi connectivity index (χ4n) is 4.68. The molecule has 0 saturated heterocycles. The number of aryl methyl sites for hydroxylation is 1. The highest BCUT2D eigenvalue weighted by Gasteiger charge is 2.33. The first-order valence-corrected chi connectivity index (χ1v) is 13.1. The van der Waals surface area contributed by atoms with E-state index in [0.717, 1.165) is 39.1 Å². The normalized spacial score (nSPS) is 17.3. The van der Waals surface area contributed by atoms with Crippen LogP contribution in [0.15, 0.2) is 79.8 Å². The molecule has 0 fully saturated rings. The summed E-state index contributed by atoms with van der Waals surface area (Å²) in [6.07, 6.45) is 3.78. The quantitative estimate of drug-likeness (QED) is 0.364. The molecule has 3 heterocycles. The predicted octanol–water partition coefficient (Wildman–Crippen LogP) is 5.15. The van der Waals surface area contributed by atoms with E-state index in [9.17, 15) is 4.79 Å². The van der Waals surface area contributed by atoms with Gasteiger partial charge in [0.15, 0.2) is 4.80 Å². The average Bonchev–Trinajstić information content (AvgIpc) is 3.47. The second-order valence-electron chi connectivity index (χ2n) is 8.02. The Morgan fingerprint density at radius 3 is 2.85 bits per heavy atom. The number of methoxy groups -OCH3 is 1. The highest BCUT2D eigenvalue weighted by Crippen LogP contribution is 2.42. The maximum absolute atomic E-state index is 13.7. The van der Waals surface area contributed by atoms with Crippen LogP contribution in [0, 0.1) is 0 Å². The van der Waals surface area contributed by atoms with Gasteiger partial charge in [-0.2, -0.15) is 0 Å². The van der Waals surface area contributed by atoms with Crippen LogP contribution >= 0.6 is 38.6 Å². The van der Waals surface area contributed by atoms with Crippen molar-refractivity contribution in [3.63, 3.8) is 0 Å². The second kappa shape index (κ2) is 8.24. The summed E-state index contributed by atoms with van der Waals surface area (Å²) in [6.45, 7) is 0. The van der Waals surface area contributed by atoms with Crippen molar-refractivity contribution in [2.24, 2.45) is 4.99 Å². The number of rotatable bonds is 3. The van der Waals surface area contributed by atoms with Gasteiger partial charge in [-0.25, -0.2) is 4.99 Å². The van der Waals surface area contributed by atoms with E-state index < -0.39 is 0 Å². The fourth-order valence-corrected chi connectivity index (χ4v) is 6.90. The van der Waals surface area contributed by atoms with Crippen molar-refractivity contribution in [1.82, 2.24) is 4.57 Å². The van der Waals surface area contributed by atoms with Gasteiger partial charge in [-0.3, -0.25) is 9.36 Å². The molecule has 2 aromatic heterocycles. The predicted molar refractivity (Wildman–Crippen MR) is 138 cm³/mol. The minimum atomic E-state index is -0.115. The maximum Gasteiger partial charge on any atom is 0.271 e. The van der Waals surface area contributed by atoms with E-state index in [1.807, 2.05) is 28.8 Å². The van der Waals surface area contributed by atoms with Gasteiger partial charge in [0.25, 0.3) is 5.56 Å². The number of benzene rings is 2. The molecule has 2 aromatic carbocycles. The molecule has 1 atom stereocenters. The number of thiophene rings is 1. The largest absolute Gasteiger partial charge is 0.496 e. The number of halogens is 1. The van der Waals surface area contributed by atoms with Crippen LogP contribution in [0.4, 0.5) is 0 Å². The lowest BCUT2D eigenvalue weighted by Crippen LogP contribution is -2.38. The topological polar surface area (TPSA) is 43.6 Å². The molecule has 7 heteroatoms. The molecule has 33 heavy (non-hydrogen) atoms. The third-order valence-electron chi connectivity index (χ3n) is 6.16. The fraction of sp³-hybridized carbons (Fsp3) is 0.154. The summed E-state index contributed by atoms with van der Waals surface area (Å²) < 4.78 is 9.00. The van der Waals surface area contributed by atoms with E-state index in [4.69, 9.17) is 9.73 Å². The molecule has 0 radical (unpaired) electrons. The van der Waals surface area contributed by atoms with E-state index >= 15 is 0 Å². The number of thiazole rings is 1. The lowest BCUT2D eigenvalue weighted by atomic mass is 9.85. The molecular weight excluding hydrogens is 516 g/mol. The van der Waals surface area contributed by atoms with E-state index in [0.29, 0.717) is 4.53 Å². The number of fused-ring (bicyclic) bond motifs is 3. The van der Waals surface area contributed by atoms with Crippen molar-refractivity contribution in [2.75, 3.05) is 7.11 Å². The summed E-state index contributed by atoms with van der Waals surface area (Å²) in [5, 5.41) is 2.08.